The van der Waals surface area contributed by atoms with Gasteiger partial charge < -0.3 is 14.4 Å². The van der Waals surface area contributed by atoms with Gasteiger partial charge in [0.25, 0.3) is 0 Å². The Labute approximate surface area is 196 Å². The molecule has 33 heavy (non-hydrogen) atoms. The lowest BCUT2D eigenvalue weighted by Gasteiger charge is -2.37. The Balaban J connectivity index is 1.71. The van der Waals surface area contributed by atoms with Crippen LogP contribution in [0.25, 0.3) is 11.0 Å². The molecule has 0 amide bonds. The van der Waals surface area contributed by atoms with E-state index in [2.05, 4.69) is 32.3 Å². The molecule has 2 aromatic carbocycles. The SMILES string of the molecule is CCc1nc2ccccc2n1[C@H](Cc1ccc(O)cc1)C(=O)O[C@@H]1C[C@H](C)CCC1C(C)C. The van der Waals surface area contributed by atoms with Gasteiger partial charge in [-0.1, -0.05) is 58.4 Å². The van der Waals surface area contributed by atoms with Crippen LogP contribution < -0.4 is 0 Å². The van der Waals surface area contributed by atoms with Gasteiger partial charge >= 0.3 is 5.97 Å². The quantitative estimate of drug-likeness (QED) is 0.444. The van der Waals surface area contributed by atoms with Crippen LogP contribution in [0.5, 0.6) is 5.75 Å². The van der Waals surface area contributed by atoms with E-state index < -0.39 is 6.04 Å². The molecule has 1 fully saturated rings. The average molecular weight is 449 g/mol. The number of para-hydroxylation sites is 2. The van der Waals surface area contributed by atoms with Gasteiger partial charge in [0.1, 0.15) is 23.7 Å². The van der Waals surface area contributed by atoms with Gasteiger partial charge in [-0.15, -0.1) is 0 Å². The first-order valence-corrected chi connectivity index (χ1v) is 12.3. The Morgan fingerprint density at radius 1 is 1.15 bits per heavy atom. The van der Waals surface area contributed by atoms with Gasteiger partial charge in [0.15, 0.2) is 0 Å². The minimum absolute atomic E-state index is 0.0524. The molecule has 1 N–H and O–H groups in total. The van der Waals surface area contributed by atoms with E-state index in [-0.39, 0.29) is 17.8 Å². The molecule has 0 spiro atoms. The first-order valence-electron chi connectivity index (χ1n) is 12.3. The van der Waals surface area contributed by atoms with Crippen molar-refractivity contribution in [2.24, 2.45) is 17.8 Å². The van der Waals surface area contributed by atoms with Gasteiger partial charge in [-0.2, -0.15) is 0 Å². The Hall–Kier alpha value is -2.82. The molecule has 1 unspecified atom stereocenters. The molecule has 1 aliphatic carbocycles. The second-order valence-corrected chi connectivity index (χ2v) is 9.93. The van der Waals surface area contributed by atoms with E-state index in [4.69, 9.17) is 9.72 Å². The highest BCUT2D eigenvalue weighted by Crippen LogP contribution is 2.36. The number of hydrogen-bond donors (Lipinski definition) is 1. The van der Waals surface area contributed by atoms with Gasteiger partial charge in [-0.25, -0.2) is 9.78 Å². The summed E-state index contributed by atoms with van der Waals surface area (Å²) >= 11 is 0. The van der Waals surface area contributed by atoms with Crippen molar-refractivity contribution < 1.29 is 14.6 Å². The smallest absolute Gasteiger partial charge is 0.329 e. The maximum absolute atomic E-state index is 13.8. The Morgan fingerprint density at radius 2 is 1.88 bits per heavy atom. The molecular formula is C28H36N2O3. The molecule has 5 nitrogen and oxygen atoms in total. The fourth-order valence-electron chi connectivity index (χ4n) is 5.30. The number of rotatable bonds is 7. The van der Waals surface area contributed by atoms with Crippen molar-refractivity contribution in [3.63, 3.8) is 0 Å². The number of ether oxygens (including phenoxy) is 1. The molecule has 1 aliphatic rings. The van der Waals surface area contributed by atoms with Crippen LogP contribution in [0.2, 0.25) is 0 Å². The Bertz CT molecular complexity index is 1090. The largest absolute Gasteiger partial charge is 0.508 e. The summed E-state index contributed by atoms with van der Waals surface area (Å²) in [4.78, 5) is 18.7. The highest BCUT2D eigenvalue weighted by Gasteiger charge is 2.36. The monoisotopic (exact) mass is 448 g/mol. The van der Waals surface area contributed by atoms with Crippen molar-refractivity contribution >= 4 is 17.0 Å². The summed E-state index contributed by atoms with van der Waals surface area (Å²) in [7, 11) is 0. The third-order valence-corrected chi connectivity index (χ3v) is 7.16. The van der Waals surface area contributed by atoms with Crippen LogP contribution in [-0.4, -0.2) is 26.7 Å². The Morgan fingerprint density at radius 3 is 2.58 bits per heavy atom. The topological polar surface area (TPSA) is 64.3 Å². The van der Waals surface area contributed by atoms with E-state index in [0.29, 0.717) is 24.2 Å². The number of aromatic hydroxyl groups is 1. The molecule has 0 radical (unpaired) electrons. The number of benzene rings is 2. The lowest BCUT2D eigenvalue weighted by atomic mass is 9.75. The molecule has 0 saturated heterocycles. The molecule has 1 aromatic heterocycles. The lowest BCUT2D eigenvalue weighted by molar-refractivity contribution is -0.160. The maximum atomic E-state index is 13.8. The molecule has 4 atom stereocenters. The predicted molar refractivity (Wildman–Crippen MR) is 131 cm³/mol. The van der Waals surface area contributed by atoms with Gasteiger partial charge in [-0.05, 0) is 60.4 Å². The van der Waals surface area contributed by atoms with E-state index in [1.807, 2.05) is 36.4 Å². The molecule has 176 valence electrons. The normalized spacial score (nSPS) is 21.9. The van der Waals surface area contributed by atoms with Crippen molar-refractivity contribution in [3.8, 4) is 5.75 Å². The third kappa shape index (κ3) is 5.07. The van der Waals surface area contributed by atoms with Gasteiger partial charge in [0.2, 0.25) is 0 Å². The number of fused-ring (bicyclic) bond motifs is 1. The number of carbonyl (C=O) groups excluding carboxylic acids is 1. The summed E-state index contributed by atoms with van der Waals surface area (Å²) in [6.45, 7) is 8.78. The number of imidazole rings is 1. The van der Waals surface area contributed by atoms with Crippen molar-refractivity contribution in [3.05, 3.63) is 59.9 Å². The van der Waals surface area contributed by atoms with Crippen LogP contribution >= 0.6 is 0 Å². The third-order valence-electron chi connectivity index (χ3n) is 7.16. The summed E-state index contributed by atoms with van der Waals surface area (Å²) in [5, 5.41) is 9.72. The molecule has 1 heterocycles. The number of aromatic nitrogens is 2. The van der Waals surface area contributed by atoms with E-state index in [1.54, 1.807) is 12.1 Å². The van der Waals surface area contributed by atoms with E-state index >= 15 is 0 Å². The first kappa shape index (κ1) is 23.3. The standard InChI is InChI=1S/C28H36N2O3/c1-5-27-29-23-8-6-7-9-24(23)30(27)25(17-20-11-13-21(31)14-12-20)28(32)33-26-16-19(4)10-15-22(26)18(2)3/h6-9,11-14,18-19,22,25-26,31H,5,10,15-17H2,1-4H3/t19-,22?,25-,26-/m1/s1. The fraction of sp³-hybridized carbons (Fsp3) is 0.500. The zero-order chi connectivity index (χ0) is 23.5. The summed E-state index contributed by atoms with van der Waals surface area (Å²) < 4.78 is 8.40. The van der Waals surface area contributed by atoms with Crippen molar-refractivity contribution in [1.29, 1.82) is 0 Å². The van der Waals surface area contributed by atoms with Crippen molar-refractivity contribution in [1.82, 2.24) is 9.55 Å². The molecule has 4 rings (SSSR count). The molecule has 1 saturated carbocycles. The summed E-state index contributed by atoms with van der Waals surface area (Å²) in [5.74, 6) is 2.35. The minimum atomic E-state index is -0.512. The van der Waals surface area contributed by atoms with Crippen molar-refractivity contribution in [2.45, 2.75) is 71.9 Å². The van der Waals surface area contributed by atoms with Crippen LogP contribution in [0.3, 0.4) is 0 Å². The molecule has 0 aliphatic heterocycles. The second-order valence-electron chi connectivity index (χ2n) is 9.93. The Kier molecular flexibility index (Phi) is 7.06. The summed E-state index contributed by atoms with van der Waals surface area (Å²) in [6, 6.07) is 14.6. The lowest BCUT2D eigenvalue weighted by Crippen LogP contribution is -2.38. The van der Waals surface area contributed by atoms with Gasteiger partial charge in [0.05, 0.1) is 11.0 Å². The summed E-state index contributed by atoms with van der Waals surface area (Å²) in [5.41, 5.74) is 2.82. The number of phenols is 1. The van der Waals surface area contributed by atoms with Crippen molar-refractivity contribution in [2.75, 3.05) is 0 Å². The average Bonchev–Trinajstić information content (AvgIpc) is 3.17. The molecule has 3 aromatic rings. The highest BCUT2D eigenvalue weighted by atomic mass is 16.5. The molecule has 0 bridgehead atoms. The highest BCUT2D eigenvalue weighted by molar-refractivity contribution is 5.81. The maximum Gasteiger partial charge on any atom is 0.329 e. The number of aryl methyl sites for hydroxylation is 1. The zero-order valence-electron chi connectivity index (χ0n) is 20.2. The molecular weight excluding hydrogens is 412 g/mol. The van der Waals surface area contributed by atoms with E-state index in [9.17, 15) is 9.90 Å². The van der Waals surface area contributed by atoms with Gasteiger partial charge in [0, 0.05) is 12.8 Å². The number of nitrogens with zero attached hydrogens (tertiary/aromatic N) is 2. The number of hydrogen-bond acceptors (Lipinski definition) is 4. The number of phenolic OH excluding ortho intramolecular Hbond substituents is 1. The van der Waals surface area contributed by atoms with Gasteiger partial charge in [-0.3, -0.25) is 0 Å². The van der Waals surface area contributed by atoms with Crippen LogP contribution in [-0.2, 0) is 22.4 Å². The fourth-order valence-corrected chi connectivity index (χ4v) is 5.30. The number of carbonyl (C=O) groups is 1. The first-order chi connectivity index (χ1) is 15.9. The van der Waals surface area contributed by atoms with Crippen LogP contribution in [0.1, 0.15) is 64.4 Å². The number of esters is 1. The van der Waals surface area contributed by atoms with E-state index in [0.717, 1.165) is 41.7 Å². The predicted octanol–water partition coefficient (Wildman–Crippen LogP) is 6.09. The van der Waals surface area contributed by atoms with Crippen LogP contribution in [0, 0.1) is 17.8 Å². The zero-order valence-corrected chi connectivity index (χ0v) is 20.2. The van der Waals surface area contributed by atoms with Crippen LogP contribution in [0.4, 0.5) is 0 Å². The minimum Gasteiger partial charge on any atom is -0.508 e. The second kappa shape index (κ2) is 9.98. The summed E-state index contributed by atoms with van der Waals surface area (Å²) in [6.07, 6.45) is 4.38. The molecule has 5 heteroatoms. The van der Waals surface area contributed by atoms with E-state index in [1.165, 1.54) is 6.42 Å². The van der Waals surface area contributed by atoms with Crippen LogP contribution in [0.15, 0.2) is 48.5 Å².